The van der Waals surface area contributed by atoms with Crippen molar-refractivity contribution in [2.24, 2.45) is 0 Å². The zero-order valence-corrected chi connectivity index (χ0v) is 14.5. The van der Waals surface area contributed by atoms with Crippen molar-refractivity contribution < 1.29 is 8.42 Å². The molecule has 0 saturated carbocycles. The van der Waals surface area contributed by atoms with Crippen molar-refractivity contribution >= 4 is 33.1 Å². The van der Waals surface area contributed by atoms with E-state index in [2.05, 4.69) is 15.0 Å². The number of nitrogens with zero attached hydrogens (tertiary/aromatic N) is 1. The lowest BCUT2D eigenvalue weighted by molar-refractivity contribution is 0.599. The largest absolute Gasteiger partial charge is 0.383 e. The molecular formula is C16H20ClN3O2S. The number of hydrogen-bond acceptors (Lipinski definition) is 4. The predicted octanol–water partition coefficient (Wildman–Crippen LogP) is 3.54. The zero-order chi connectivity index (χ0) is 16.7. The summed E-state index contributed by atoms with van der Waals surface area (Å²) < 4.78 is 25.8. The third-order valence-corrected chi connectivity index (χ3v) is 4.83. The summed E-state index contributed by atoms with van der Waals surface area (Å²) in [7, 11) is -3.30. The topological polar surface area (TPSA) is 71.1 Å². The molecule has 0 aliphatic carbocycles. The summed E-state index contributed by atoms with van der Waals surface area (Å²) in [5.74, 6) is 0.424. The molecule has 2 rings (SSSR count). The molecule has 0 aliphatic rings. The summed E-state index contributed by atoms with van der Waals surface area (Å²) in [4.78, 5) is 4.11. The first-order valence-corrected chi connectivity index (χ1v) is 9.46. The molecule has 0 unspecified atom stereocenters. The van der Waals surface area contributed by atoms with Gasteiger partial charge < -0.3 is 5.32 Å². The van der Waals surface area contributed by atoms with Gasteiger partial charge in [-0.2, -0.15) is 0 Å². The predicted molar refractivity (Wildman–Crippen MR) is 95.6 cm³/mol. The number of sulfonamides is 1. The van der Waals surface area contributed by atoms with Crippen molar-refractivity contribution in [3.63, 3.8) is 0 Å². The Morgan fingerprint density at radius 2 is 2.04 bits per heavy atom. The van der Waals surface area contributed by atoms with Gasteiger partial charge in [0.2, 0.25) is 10.0 Å². The first-order chi connectivity index (χ1) is 11.0. The molecule has 0 spiro atoms. The van der Waals surface area contributed by atoms with Crippen LogP contribution in [0.1, 0.15) is 18.9 Å². The smallest absolute Gasteiger partial charge is 0.233 e. The zero-order valence-electron chi connectivity index (χ0n) is 12.9. The molecular weight excluding hydrogens is 334 g/mol. The number of halogens is 1. The highest BCUT2D eigenvalue weighted by atomic mass is 35.5. The van der Waals surface area contributed by atoms with Crippen LogP contribution in [0.15, 0.2) is 42.6 Å². The van der Waals surface area contributed by atoms with Crippen LogP contribution < -0.4 is 10.0 Å². The summed E-state index contributed by atoms with van der Waals surface area (Å²) in [6.45, 7) is 2.56. The summed E-state index contributed by atoms with van der Waals surface area (Å²) in [6.07, 6.45) is 3.02. The first-order valence-electron chi connectivity index (χ1n) is 7.43. The molecule has 0 fully saturated rings. The van der Waals surface area contributed by atoms with Crippen molar-refractivity contribution in [3.05, 3.63) is 53.2 Å². The number of benzene rings is 1. The molecule has 0 radical (unpaired) electrons. The lowest BCUT2D eigenvalue weighted by Gasteiger charge is -2.09. The van der Waals surface area contributed by atoms with Gasteiger partial charge in [-0.25, -0.2) is 13.4 Å². The van der Waals surface area contributed by atoms with E-state index in [-0.39, 0.29) is 5.75 Å². The van der Waals surface area contributed by atoms with Crippen LogP contribution >= 0.6 is 11.6 Å². The second kappa shape index (κ2) is 8.17. The Morgan fingerprint density at radius 3 is 2.70 bits per heavy atom. The molecule has 2 N–H and O–H groups in total. The number of hydrogen-bond donors (Lipinski definition) is 2. The maximum Gasteiger partial charge on any atom is 0.233 e. The second-order valence-corrected chi connectivity index (χ2v) is 7.44. The molecule has 0 bridgehead atoms. The van der Waals surface area contributed by atoms with Crippen molar-refractivity contribution in [1.29, 1.82) is 0 Å². The Labute approximate surface area is 142 Å². The Morgan fingerprint density at radius 1 is 1.22 bits per heavy atom. The van der Waals surface area contributed by atoms with Crippen LogP contribution in [0.4, 0.5) is 11.5 Å². The lowest BCUT2D eigenvalue weighted by Crippen LogP contribution is -2.16. The van der Waals surface area contributed by atoms with Crippen molar-refractivity contribution in [3.8, 4) is 0 Å². The minimum atomic E-state index is -3.30. The summed E-state index contributed by atoms with van der Waals surface area (Å²) in [6, 6.07) is 11.2. The van der Waals surface area contributed by atoms with E-state index in [9.17, 15) is 8.42 Å². The van der Waals surface area contributed by atoms with Gasteiger partial charge in [-0.05, 0) is 42.7 Å². The highest BCUT2D eigenvalue weighted by Gasteiger charge is 2.09. The van der Waals surface area contributed by atoms with Crippen molar-refractivity contribution in [2.45, 2.75) is 19.8 Å². The standard InChI is InChI=1S/C16H20ClN3O2S/c1-2-10-23(21,22)20-16-7-6-15(12-19-16)18-9-8-13-4-3-5-14(17)11-13/h3-7,11-12,18H,2,8-10H2,1H3,(H,19,20). The highest BCUT2D eigenvalue weighted by Crippen LogP contribution is 2.13. The van der Waals surface area contributed by atoms with Gasteiger partial charge in [0.25, 0.3) is 0 Å². The van der Waals surface area contributed by atoms with E-state index in [0.717, 1.165) is 29.2 Å². The van der Waals surface area contributed by atoms with Crippen LogP contribution in [0.5, 0.6) is 0 Å². The minimum absolute atomic E-state index is 0.0916. The van der Waals surface area contributed by atoms with E-state index in [1.54, 1.807) is 18.3 Å². The van der Waals surface area contributed by atoms with Gasteiger partial charge in [0.05, 0.1) is 17.6 Å². The first kappa shape index (κ1) is 17.6. The number of aromatic nitrogens is 1. The molecule has 5 nitrogen and oxygen atoms in total. The monoisotopic (exact) mass is 353 g/mol. The molecule has 23 heavy (non-hydrogen) atoms. The van der Waals surface area contributed by atoms with E-state index in [4.69, 9.17) is 11.6 Å². The van der Waals surface area contributed by atoms with Crippen LogP contribution in [-0.2, 0) is 16.4 Å². The maximum absolute atomic E-state index is 11.7. The van der Waals surface area contributed by atoms with E-state index >= 15 is 0 Å². The minimum Gasteiger partial charge on any atom is -0.383 e. The molecule has 0 aliphatic heterocycles. The Kier molecular flexibility index (Phi) is 6.24. The van der Waals surface area contributed by atoms with Crippen LogP contribution in [0.2, 0.25) is 5.02 Å². The van der Waals surface area contributed by atoms with Gasteiger partial charge in [0.15, 0.2) is 0 Å². The SMILES string of the molecule is CCCS(=O)(=O)Nc1ccc(NCCc2cccc(Cl)c2)cn1. The van der Waals surface area contributed by atoms with E-state index in [1.165, 1.54) is 0 Å². The lowest BCUT2D eigenvalue weighted by atomic mass is 10.1. The second-order valence-electron chi connectivity index (χ2n) is 5.16. The molecule has 2 aromatic rings. The van der Waals surface area contributed by atoms with E-state index in [0.29, 0.717) is 12.2 Å². The Bertz CT molecular complexity index is 733. The van der Waals surface area contributed by atoms with Gasteiger partial charge in [0.1, 0.15) is 5.82 Å². The fourth-order valence-electron chi connectivity index (χ4n) is 2.08. The summed E-state index contributed by atoms with van der Waals surface area (Å²) in [5, 5.41) is 3.97. The molecule has 0 saturated heterocycles. The fraction of sp³-hybridized carbons (Fsp3) is 0.312. The average Bonchev–Trinajstić information content (AvgIpc) is 2.49. The van der Waals surface area contributed by atoms with Crippen LogP contribution in [0.3, 0.4) is 0 Å². The molecule has 1 aromatic heterocycles. The molecule has 0 atom stereocenters. The highest BCUT2D eigenvalue weighted by molar-refractivity contribution is 7.92. The quantitative estimate of drug-likeness (QED) is 0.761. The van der Waals surface area contributed by atoms with E-state index < -0.39 is 10.0 Å². The molecule has 0 amide bonds. The third-order valence-electron chi connectivity index (χ3n) is 3.13. The third kappa shape index (κ3) is 6.08. The van der Waals surface area contributed by atoms with Crippen LogP contribution in [0.25, 0.3) is 0 Å². The van der Waals surface area contributed by atoms with Gasteiger partial charge in [0, 0.05) is 11.6 Å². The van der Waals surface area contributed by atoms with Crippen LogP contribution in [-0.4, -0.2) is 25.7 Å². The van der Waals surface area contributed by atoms with Crippen LogP contribution in [0, 0.1) is 0 Å². The molecule has 7 heteroatoms. The molecule has 124 valence electrons. The van der Waals surface area contributed by atoms with Gasteiger partial charge in [-0.15, -0.1) is 0 Å². The number of pyridine rings is 1. The fourth-order valence-corrected chi connectivity index (χ4v) is 3.37. The van der Waals surface area contributed by atoms with Crippen molar-refractivity contribution in [1.82, 2.24) is 4.98 Å². The Balaban J connectivity index is 1.85. The van der Waals surface area contributed by atoms with Gasteiger partial charge in [-0.1, -0.05) is 30.7 Å². The Hall–Kier alpha value is -1.79. The number of nitrogens with one attached hydrogen (secondary N) is 2. The molecule has 1 heterocycles. The number of rotatable bonds is 8. The van der Waals surface area contributed by atoms with Gasteiger partial charge in [-0.3, -0.25) is 4.72 Å². The number of anilines is 2. The van der Waals surface area contributed by atoms with Gasteiger partial charge >= 0.3 is 0 Å². The summed E-state index contributed by atoms with van der Waals surface area (Å²) in [5.41, 5.74) is 1.99. The maximum atomic E-state index is 11.7. The normalized spacial score (nSPS) is 11.2. The average molecular weight is 354 g/mol. The molecule has 1 aromatic carbocycles. The summed E-state index contributed by atoms with van der Waals surface area (Å²) >= 11 is 5.95. The van der Waals surface area contributed by atoms with E-state index in [1.807, 2.05) is 31.2 Å². The van der Waals surface area contributed by atoms with Crippen molar-refractivity contribution in [2.75, 3.05) is 22.3 Å².